The second-order valence-corrected chi connectivity index (χ2v) is 8.31. The molecule has 31 heavy (non-hydrogen) atoms. The highest BCUT2D eigenvalue weighted by Gasteiger charge is 2.41. The Bertz CT molecular complexity index is 948. The standard InChI is InChI=1S/C24H26FN3O3/c25-20-8-6-19(7-9-20)22-16-21(18-4-2-1-3-5-18)26-28(22)23(29)17-27-12-10-24(11-13-27)30-14-15-31-24/h1-9,22H,10-17H2. The van der Waals surface area contributed by atoms with E-state index in [0.29, 0.717) is 26.2 Å². The third-order valence-corrected chi connectivity index (χ3v) is 6.32. The van der Waals surface area contributed by atoms with Gasteiger partial charge in [0.05, 0.1) is 31.5 Å². The Kier molecular flexibility index (Phi) is 5.56. The van der Waals surface area contributed by atoms with Crippen molar-refractivity contribution in [3.63, 3.8) is 0 Å². The number of likely N-dealkylation sites (tertiary alicyclic amines) is 1. The summed E-state index contributed by atoms with van der Waals surface area (Å²) in [5.41, 5.74) is 2.75. The molecule has 2 fully saturated rings. The summed E-state index contributed by atoms with van der Waals surface area (Å²) in [4.78, 5) is 15.4. The Hall–Kier alpha value is -2.61. The average Bonchev–Trinajstić information content (AvgIpc) is 3.45. The van der Waals surface area contributed by atoms with Crippen LogP contribution in [0.15, 0.2) is 59.7 Å². The van der Waals surface area contributed by atoms with Crippen molar-refractivity contribution in [2.45, 2.75) is 31.1 Å². The maximum absolute atomic E-state index is 13.5. The van der Waals surface area contributed by atoms with Gasteiger partial charge >= 0.3 is 0 Å². The fourth-order valence-electron chi connectivity index (χ4n) is 4.59. The van der Waals surface area contributed by atoms with Crippen LogP contribution >= 0.6 is 0 Å². The lowest BCUT2D eigenvalue weighted by Crippen LogP contribution is -2.48. The molecule has 3 aliphatic heterocycles. The minimum atomic E-state index is -0.456. The molecule has 3 heterocycles. The van der Waals surface area contributed by atoms with Gasteiger partial charge in [-0.2, -0.15) is 5.10 Å². The Morgan fingerprint density at radius 3 is 2.39 bits per heavy atom. The highest BCUT2D eigenvalue weighted by molar-refractivity contribution is 6.03. The summed E-state index contributed by atoms with van der Waals surface area (Å²) in [7, 11) is 0. The number of rotatable bonds is 4. The number of amides is 1. The summed E-state index contributed by atoms with van der Waals surface area (Å²) >= 11 is 0. The second-order valence-electron chi connectivity index (χ2n) is 8.31. The van der Waals surface area contributed by atoms with E-state index in [4.69, 9.17) is 14.6 Å². The van der Waals surface area contributed by atoms with E-state index < -0.39 is 5.79 Å². The predicted octanol–water partition coefficient (Wildman–Crippen LogP) is 3.34. The first-order valence-electron chi connectivity index (χ1n) is 10.8. The summed E-state index contributed by atoms with van der Waals surface area (Å²) in [6.45, 7) is 3.07. The van der Waals surface area contributed by atoms with E-state index in [1.165, 1.54) is 12.1 Å². The molecule has 1 spiro atoms. The van der Waals surface area contributed by atoms with E-state index in [1.807, 2.05) is 30.3 Å². The van der Waals surface area contributed by atoms with Crippen LogP contribution in [0.3, 0.4) is 0 Å². The molecule has 0 aliphatic carbocycles. The number of halogens is 1. The van der Waals surface area contributed by atoms with Crippen molar-refractivity contribution in [1.82, 2.24) is 9.91 Å². The highest BCUT2D eigenvalue weighted by atomic mass is 19.1. The van der Waals surface area contributed by atoms with E-state index >= 15 is 0 Å². The Balaban J connectivity index is 1.32. The first kappa shape index (κ1) is 20.3. The second kappa shape index (κ2) is 8.49. The molecular formula is C24H26FN3O3. The predicted molar refractivity (Wildman–Crippen MR) is 114 cm³/mol. The zero-order valence-corrected chi connectivity index (χ0v) is 17.4. The lowest BCUT2D eigenvalue weighted by atomic mass is 9.98. The van der Waals surface area contributed by atoms with Gasteiger partial charge in [0.2, 0.25) is 0 Å². The van der Waals surface area contributed by atoms with Crippen molar-refractivity contribution >= 4 is 11.6 Å². The lowest BCUT2D eigenvalue weighted by molar-refractivity contribution is -0.186. The van der Waals surface area contributed by atoms with Gasteiger partial charge in [-0.15, -0.1) is 0 Å². The number of hydrogen-bond donors (Lipinski definition) is 0. The van der Waals surface area contributed by atoms with Crippen molar-refractivity contribution in [3.8, 4) is 0 Å². The molecule has 2 aromatic carbocycles. The van der Waals surface area contributed by atoms with E-state index in [0.717, 1.165) is 42.8 Å². The number of carbonyl (C=O) groups excluding carboxylic acids is 1. The van der Waals surface area contributed by atoms with Crippen LogP contribution in [0.25, 0.3) is 0 Å². The monoisotopic (exact) mass is 423 g/mol. The van der Waals surface area contributed by atoms with Gasteiger partial charge in [-0.3, -0.25) is 9.69 Å². The van der Waals surface area contributed by atoms with Crippen LogP contribution in [-0.4, -0.2) is 60.2 Å². The van der Waals surface area contributed by atoms with Gasteiger partial charge in [0.15, 0.2) is 5.79 Å². The molecule has 0 N–H and O–H groups in total. The summed E-state index contributed by atoms with van der Waals surface area (Å²) in [6, 6.07) is 16.0. The SMILES string of the molecule is O=C(CN1CCC2(CC1)OCCO2)N1N=C(c2ccccc2)CC1c1ccc(F)cc1. The summed E-state index contributed by atoms with van der Waals surface area (Å²) in [5.74, 6) is -0.797. The zero-order chi connectivity index (χ0) is 21.3. The minimum absolute atomic E-state index is 0.0514. The molecule has 2 aromatic rings. The van der Waals surface area contributed by atoms with Gasteiger partial charge in [0.25, 0.3) is 5.91 Å². The smallest absolute Gasteiger partial charge is 0.257 e. The molecule has 1 amide bonds. The van der Waals surface area contributed by atoms with Crippen molar-refractivity contribution in [2.75, 3.05) is 32.8 Å². The van der Waals surface area contributed by atoms with Crippen molar-refractivity contribution < 1.29 is 18.7 Å². The fourth-order valence-corrected chi connectivity index (χ4v) is 4.59. The third-order valence-electron chi connectivity index (χ3n) is 6.32. The van der Waals surface area contributed by atoms with Crippen LogP contribution in [-0.2, 0) is 14.3 Å². The molecule has 2 saturated heterocycles. The maximum Gasteiger partial charge on any atom is 0.257 e. The summed E-state index contributed by atoms with van der Waals surface area (Å²) in [6.07, 6.45) is 2.13. The molecule has 5 rings (SSSR count). The minimum Gasteiger partial charge on any atom is -0.347 e. The Labute approximate surface area is 181 Å². The van der Waals surface area contributed by atoms with Crippen molar-refractivity contribution in [2.24, 2.45) is 5.10 Å². The molecule has 0 radical (unpaired) electrons. The van der Waals surface area contributed by atoms with E-state index in [9.17, 15) is 9.18 Å². The fraction of sp³-hybridized carbons (Fsp3) is 0.417. The molecule has 0 bridgehead atoms. The number of piperidine rings is 1. The van der Waals surface area contributed by atoms with Gasteiger partial charge in [-0.05, 0) is 23.3 Å². The van der Waals surface area contributed by atoms with Gasteiger partial charge in [0, 0.05) is 32.4 Å². The quantitative estimate of drug-likeness (QED) is 0.757. The van der Waals surface area contributed by atoms with Crippen molar-refractivity contribution in [1.29, 1.82) is 0 Å². The molecule has 7 heteroatoms. The first-order valence-corrected chi connectivity index (χ1v) is 10.8. The van der Waals surface area contributed by atoms with Crippen molar-refractivity contribution in [3.05, 3.63) is 71.5 Å². The van der Waals surface area contributed by atoms with Gasteiger partial charge in [-0.25, -0.2) is 9.40 Å². The summed E-state index contributed by atoms with van der Waals surface area (Å²) < 4.78 is 25.0. The average molecular weight is 423 g/mol. The number of carbonyl (C=O) groups is 1. The molecular weight excluding hydrogens is 397 g/mol. The van der Waals surface area contributed by atoms with Crippen LogP contribution in [0, 0.1) is 5.82 Å². The number of hydrazone groups is 1. The van der Waals surface area contributed by atoms with Crippen LogP contribution in [0.4, 0.5) is 4.39 Å². The number of nitrogens with zero attached hydrogens (tertiary/aromatic N) is 3. The van der Waals surface area contributed by atoms with E-state index in [1.54, 1.807) is 17.1 Å². The number of benzene rings is 2. The molecule has 6 nitrogen and oxygen atoms in total. The van der Waals surface area contributed by atoms with E-state index in [2.05, 4.69) is 4.90 Å². The molecule has 3 aliphatic rings. The molecule has 1 atom stereocenters. The van der Waals surface area contributed by atoms with Gasteiger partial charge in [0.1, 0.15) is 5.82 Å². The molecule has 0 saturated carbocycles. The number of hydrogen-bond acceptors (Lipinski definition) is 5. The number of ether oxygens (including phenoxy) is 2. The Morgan fingerprint density at radius 2 is 1.71 bits per heavy atom. The van der Waals surface area contributed by atoms with Crippen LogP contribution in [0.1, 0.15) is 36.4 Å². The first-order chi connectivity index (χ1) is 15.1. The normalized spacial score (nSPS) is 23.3. The topological polar surface area (TPSA) is 54.4 Å². The molecule has 0 aromatic heterocycles. The third kappa shape index (κ3) is 4.26. The maximum atomic E-state index is 13.5. The largest absolute Gasteiger partial charge is 0.347 e. The summed E-state index contributed by atoms with van der Waals surface area (Å²) in [5, 5.41) is 6.29. The van der Waals surface area contributed by atoms with Crippen LogP contribution < -0.4 is 0 Å². The van der Waals surface area contributed by atoms with Gasteiger partial charge < -0.3 is 9.47 Å². The molecule has 162 valence electrons. The highest BCUT2D eigenvalue weighted by Crippen LogP contribution is 2.34. The van der Waals surface area contributed by atoms with Gasteiger partial charge in [-0.1, -0.05) is 42.5 Å². The van der Waals surface area contributed by atoms with Crippen LogP contribution in [0.5, 0.6) is 0 Å². The Morgan fingerprint density at radius 1 is 1.03 bits per heavy atom. The molecule has 1 unspecified atom stereocenters. The van der Waals surface area contributed by atoms with Crippen LogP contribution in [0.2, 0.25) is 0 Å². The lowest BCUT2D eigenvalue weighted by Gasteiger charge is -2.37. The zero-order valence-electron chi connectivity index (χ0n) is 17.4. The van der Waals surface area contributed by atoms with E-state index in [-0.39, 0.29) is 17.8 Å².